The molecule has 0 spiro atoms. The fourth-order valence-corrected chi connectivity index (χ4v) is 12.4. The summed E-state index contributed by atoms with van der Waals surface area (Å²) in [4.78, 5) is 6.05. The van der Waals surface area contributed by atoms with Crippen LogP contribution in [0.15, 0.2) is 22.5 Å². The SMILES string of the molecule is CCC(C)(C)C12CC3C(C)N4C(CC5(C(C)(C)CC)C6=C(CCCC6)N(N)C45C)C(C)N3C1NC1=C2CCCC1. The number of nitrogens with one attached hydrogen (secondary N) is 1. The van der Waals surface area contributed by atoms with Crippen molar-refractivity contribution in [2.45, 2.75) is 175 Å². The number of hydrogen-bond acceptors (Lipinski definition) is 5. The highest BCUT2D eigenvalue weighted by atomic mass is 15.6. The third-order valence-electron chi connectivity index (χ3n) is 15.0. The van der Waals surface area contributed by atoms with Crippen LogP contribution in [0.3, 0.4) is 0 Å². The van der Waals surface area contributed by atoms with Gasteiger partial charge in [-0.15, -0.1) is 0 Å². The lowest BCUT2D eigenvalue weighted by atomic mass is 9.54. The number of fused-ring (bicyclic) bond motifs is 8. The van der Waals surface area contributed by atoms with Gasteiger partial charge < -0.3 is 5.32 Å². The Labute approximate surface area is 245 Å². The topological polar surface area (TPSA) is 47.8 Å². The van der Waals surface area contributed by atoms with E-state index < -0.39 is 0 Å². The Morgan fingerprint density at radius 3 is 2.12 bits per heavy atom. The maximum atomic E-state index is 7.39. The Bertz CT molecular complexity index is 1150. The predicted octanol–water partition coefficient (Wildman–Crippen LogP) is 7.26. The lowest BCUT2D eigenvalue weighted by Crippen LogP contribution is -2.73. The van der Waals surface area contributed by atoms with Gasteiger partial charge >= 0.3 is 0 Å². The first-order chi connectivity index (χ1) is 18.9. The highest BCUT2D eigenvalue weighted by Crippen LogP contribution is 2.73. The molecule has 0 aromatic carbocycles. The van der Waals surface area contributed by atoms with Gasteiger partial charge in [-0.2, -0.15) is 0 Å². The highest BCUT2D eigenvalue weighted by Gasteiger charge is 2.77. The van der Waals surface area contributed by atoms with Gasteiger partial charge in [-0.1, -0.05) is 54.4 Å². The monoisotopic (exact) mass is 549 g/mol. The van der Waals surface area contributed by atoms with Gasteiger partial charge in [0.05, 0.1) is 6.17 Å². The lowest BCUT2D eigenvalue weighted by Gasteiger charge is -2.59. The number of piperazine rings is 1. The van der Waals surface area contributed by atoms with Crippen LogP contribution >= 0.6 is 0 Å². The molecule has 5 aliphatic heterocycles. The van der Waals surface area contributed by atoms with E-state index >= 15 is 0 Å². The molecule has 3 fully saturated rings. The number of hydrazine groups is 1. The number of hydrogen-bond donors (Lipinski definition) is 2. The molecule has 0 amide bonds. The zero-order valence-corrected chi connectivity index (χ0v) is 27.3. The first-order valence-corrected chi connectivity index (χ1v) is 17.2. The molecule has 5 nitrogen and oxygen atoms in total. The Morgan fingerprint density at radius 1 is 0.825 bits per heavy atom. The number of allylic oxidation sites excluding steroid dienone is 2. The van der Waals surface area contributed by atoms with Crippen LogP contribution in [0.4, 0.5) is 0 Å². The molecule has 0 radical (unpaired) electrons. The second-order valence-corrected chi connectivity index (χ2v) is 16.5. The van der Waals surface area contributed by atoms with Crippen molar-refractivity contribution in [3.63, 3.8) is 0 Å². The van der Waals surface area contributed by atoms with Crippen LogP contribution in [0, 0.1) is 21.7 Å². The van der Waals surface area contributed by atoms with Crippen molar-refractivity contribution >= 4 is 0 Å². The van der Waals surface area contributed by atoms with Crippen molar-refractivity contribution in [1.29, 1.82) is 0 Å². The van der Waals surface area contributed by atoms with E-state index in [2.05, 4.69) is 82.4 Å². The molecule has 0 aromatic heterocycles. The van der Waals surface area contributed by atoms with Gasteiger partial charge in [-0.05, 0) is 107 Å². The largest absolute Gasteiger partial charge is 0.372 e. The van der Waals surface area contributed by atoms with Crippen molar-refractivity contribution in [3.8, 4) is 0 Å². The summed E-state index contributed by atoms with van der Waals surface area (Å²) in [6.07, 6.45) is 15.7. The molecule has 7 aliphatic rings. The van der Waals surface area contributed by atoms with Gasteiger partial charge in [0.2, 0.25) is 0 Å². The minimum absolute atomic E-state index is 0.104. The summed E-state index contributed by atoms with van der Waals surface area (Å²) in [5, 5.41) is 6.62. The molecule has 8 atom stereocenters. The normalized spacial score (nSPS) is 45.2. The number of nitrogens with two attached hydrogens (primary N) is 1. The Kier molecular flexibility index (Phi) is 5.92. The van der Waals surface area contributed by atoms with Crippen LogP contribution in [0.2, 0.25) is 0 Å². The number of nitrogens with zero attached hydrogens (tertiary/aromatic N) is 3. The maximum absolute atomic E-state index is 7.39. The molecule has 224 valence electrons. The van der Waals surface area contributed by atoms with Crippen molar-refractivity contribution in [1.82, 2.24) is 20.1 Å². The average Bonchev–Trinajstić information content (AvgIpc) is 3.61. The molecule has 8 unspecified atom stereocenters. The molecule has 3 N–H and O–H groups in total. The van der Waals surface area contributed by atoms with Crippen LogP contribution < -0.4 is 11.2 Å². The van der Waals surface area contributed by atoms with Crippen molar-refractivity contribution in [3.05, 3.63) is 22.5 Å². The Hall–Kier alpha value is -1.04. The van der Waals surface area contributed by atoms with Crippen LogP contribution in [0.25, 0.3) is 0 Å². The molecule has 40 heavy (non-hydrogen) atoms. The van der Waals surface area contributed by atoms with E-state index in [0.717, 1.165) is 6.42 Å². The zero-order chi connectivity index (χ0) is 28.6. The third-order valence-corrected chi connectivity index (χ3v) is 15.0. The van der Waals surface area contributed by atoms with E-state index in [1.807, 2.05) is 5.57 Å². The van der Waals surface area contributed by atoms with E-state index in [4.69, 9.17) is 5.84 Å². The fraction of sp³-hybridized carbons (Fsp3) is 0.886. The summed E-state index contributed by atoms with van der Waals surface area (Å²) < 4.78 is 0. The highest BCUT2D eigenvalue weighted by molar-refractivity contribution is 5.44. The van der Waals surface area contributed by atoms with E-state index in [1.165, 1.54) is 76.3 Å². The second-order valence-electron chi connectivity index (χ2n) is 16.5. The summed E-state index contributed by atoms with van der Waals surface area (Å²) in [6.45, 7) is 23.0. The summed E-state index contributed by atoms with van der Waals surface area (Å²) in [5.41, 5.74) is 7.32. The Morgan fingerprint density at radius 2 is 1.45 bits per heavy atom. The van der Waals surface area contributed by atoms with Crippen LogP contribution in [-0.2, 0) is 0 Å². The van der Waals surface area contributed by atoms with E-state index in [1.54, 1.807) is 11.3 Å². The van der Waals surface area contributed by atoms with Crippen LogP contribution in [-0.4, -0.2) is 50.8 Å². The minimum Gasteiger partial charge on any atom is -0.372 e. The molecule has 5 heterocycles. The van der Waals surface area contributed by atoms with Gasteiger partial charge in [0.1, 0.15) is 5.66 Å². The van der Waals surface area contributed by atoms with E-state index in [-0.39, 0.29) is 27.3 Å². The Balaban J connectivity index is 1.37. The first-order valence-electron chi connectivity index (χ1n) is 17.2. The van der Waals surface area contributed by atoms with Gasteiger partial charge in [-0.25, -0.2) is 5.84 Å². The van der Waals surface area contributed by atoms with Crippen LogP contribution in [0.5, 0.6) is 0 Å². The molecule has 7 rings (SSSR count). The molecule has 2 aliphatic carbocycles. The predicted molar refractivity (Wildman–Crippen MR) is 165 cm³/mol. The molecule has 3 saturated heterocycles. The van der Waals surface area contributed by atoms with E-state index in [0.29, 0.717) is 30.3 Å². The van der Waals surface area contributed by atoms with Crippen molar-refractivity contribution in [2.75, 3.05) is 0 Å². The smallest absolute Gasteiger partial charge is 0.115 e. The standard InChI is InChI=1S/C35H59N5/c1-10-31(5,6)34-20-28-23(4)39-29(22(3)38(28)30(34)37-26-18-14-12-16-24(26)34)21-35(32(7,8)11-2)25-17-13-15-19-27(25)40(36)33(35,39)9/h22-23,28-30,37H,10-21,36H2,1-9H3. The minimum atomic E-state index is -0.167. The quantitative estimate of drug-likeness (QED) is 0.361. The number of rotatable bonds is 4. The molecule has 0 saturated carbocycles. The van der Waals surface area contributed by atoms with Crippen molar-refractivity contribution < 1.29 is 0 Å². The first kappa shape index (κ1) is 27.8. The third kappa shape index (κ3) is 2.83. The molecule has 0 bridgehead atoms. The fourth-order valence-electron chi connectivity index (χ4n) is 12.4. The van der Waals surface area contributed by atoms with E-state index in [9.17, 15) is 0 Å². The van der Waals surface area contributed by atoms with Crippen molar-refractivity contribution in [2.24, 2.45) is 27.5 Å². The lowest BCUT2D eigenvalue weighted by molar-refractivity contribution is -0.144. The summed E-state index contributed by atoms with van der Waals surface area (Å²) in [5.74, 6) is 7.39. The van der Waals surface area contributed by atoms with Crippen LogP contribution in [0.1, 0.15) is 139 Å². The zero-order valence-electron chi connectivity index (χ0n) is 27.3. The summed E-state index contributed by atoms with van der Waals surface area (Å²) >= 11 is 0. The van der Waals surface area contributed by atoms with Gasteiger partial charge in [0, 0.05) is 46.4 Å². The molecule has 0 aromatic rings. The second kappa shape index (κ2) is 8.53. The molecular weight excluding hydrogens is 490 g/mol. The van der Waals surface area contributed by atoms with Gasteiger partial charge in [0.15, 0.2) is 0 Å². The molecule has 5 heteroatoms. The summed E-state index contributed by atoms with van der Waals surface area (Å²) in [6, 6.07) is 2.04. The average molecular weight is 550 g/mol. The van der Waals surface area contributed by atoms with Gasteiger partial charge in [0.25, 0.3) is 0 Å². The molecular formula is C35H59N5. The maximum Gasteiger partial charge on any atom is 0.115 e. The summed E-state index contributed by atoms with van der Waals surface area (Å²) in [7, 11) is 0. The van der Waals surface area contributed by atoms with Gasteiger partial charge in [-0.3, -0.25) is 14.8 Å².